The molecule has 2 rings (SSSR count). The molecule has 0 spiro atoms. The summed E-state index contributed by atoms with van der Waals surface area (Å²) in [6, 6.07) is 9.04. The average molecular weight is 327 g/mol. The molecule has 1 atom stereocenters. The molecular weight excluding hydrogens is 308 g/mol. The van der Waals surface area contributed by atoms with Gasteiger partial charge in [0.2, 0.25) is 0 Å². The van der Waals surface area contributed by atoms with Crippen molar-refractivity contribution in [1.82, 2.24) is 0 Å². The third-order valence-electron chi connectivity index (χ3n) is 4.10. The van der Waals surface area contributed by atoms with Crippen LogP contribution in [0.5, 0.6) is 0 Å². The summed E-state index contributed by atoms with van der Waals surface area (Å²) in [5, 5.41) is 12.3. The van der Waals surface area contributed by atoms with Gasteiger partial charge in [-0.05, 0) is 11.0 Å². The summed E-state index contributed by atoms with van der Waals surface area (Å²) < 4.78 is 4.67. The van der Waals surface area contributed by atoms with E-state index in [0.29, 0.717) is 0 Å². The molecule has 1 fully saturated rings. The van der Waals surface area contributed by atoms with E-state index >= 15 is 0 Å². The van der Waals surface area contributed by atoms with Crippen molar-refractivity contribution in [3.05, 3.63) is 53.3 Å². The molecule has 0 heterocycles. The highest BCUT2D eigenvalue weighted by Gasteiger charge is 2.49. The number of hydrogen-bond acceptors (Lipinski definition) is 5. The van der Waals surface area contributed by atoms with Crippen LogP contribution in [0.2, 0.25) is 0 Å². The second-order valence-electron chi connectivity index (χ2n) is 6.39. The van der Waals surface area contributed by atoms with E-state index in [9.17, 15) is 19.5 Å². The predicted octanol–water partition coefficient (Wildman–Crippen LogP) is 1.67. The molecule has 1 aliphatic rings. The van der Waals surface area contributed by atoms with E-state index in [1.165, 1.54) is 19.3 Å². The minimum Gasteiger partial charge on any atom is -0.872 e. The van der Waals surface area contributed by atoms with Crippen LogP contribution in [0.3, 0.4) is 0 Å². The number of hydrogen-bond donors (Lipinski definition) is 0. The van der Waals surface area contributed by atoms with Crippen LogP contribution < -0.4 is 5.11 Å². The number of carbonyl (C=O) groups is 3. The van der Waals surface area contributed by atoms with Crippen LogP contribution in [-0.2, 0) is 19.1 Å². The number of methoxy groups -OCH3 is 1. The van der Waals surface area contributed by atoms with E-state index in [1.54, 1.807) is 26.0 Å². The number of ketones is 2. The molecule has 5 nitrogen and oxygen atoms in total. The first-order chi connectivity index (χ1) is 11.3. The zero-order valence-electron chi connectivity index (χ0n) is 13.9. The highest BCUT2D eigenvalue weighted by molar-refractivity contribution is 6.27. The second-order valence-corrected chi connectivity index (χ2v) is 6.39. The summed E-state index contributed by atoms with van der Waals surface area (Å²) in [6.07, 6.45) is 2.66. The molecule has 1 aromatic rings. The van der Waals surface area contributed by atoms with E-state index < -0.39 is 40.2 Å². The van der Waals surface area contributed by atoms with Crippen LogP contribution in [0.4, 0.5) is 0 Å². The number of rotatable bonds is 3. The number of ether oxygens (including phenoxy) is 1. The highest BCUT2D eigenvalue weighted by atomic mass is 16.5. The SMILES string of the molecule is COC(=O)C1C(=O)/C(=C([O-])/C=C/c2ccccc2)C(=O)CC1(C)C. The molecule has 5 heteroatoms. The maximum Gasteiger partial charge on any atom is 0.317 e. The fourth-order valence-corrected chi connectivity index (χ4v) is 2.86. The third kappa shape index (κ3) is 3.45. The second kappa shape index (κ2) is 6.83. The first kappa shape index (κ1) is 17.7. The number of esters is 1. The Hall–Kier alpha value is -2.69. The van der Waals surface area contributed by atoms with Gasteiger partial charge in [-0.3, -0.25) is 14.4 Å². The fraction of sp³-hybridized carbons (Fsp3) is 0.316. The topological polar surface area (TPSA) is 83.5 Å². The van der Waals surface area contributed by atoms with Crippen molar-refractivity contribution in [2.24, 2.45) is 11.3 Å². The van der Waals surface area contributed by atoms with Crippen molar-refractivity contribution in [2.75, 3.05) is 7.11 Å². The zero-order valence-corrected chi connectivity index (χ0v) is 13.9. The predicted molar refractivity (Wildman–Crippen MR) is 86.4 cm³/mol. The lowest BCUT2D eigenvalue weighted by Gasteiger charge is -2.36. The van der Waals surface area contributed by atoms with Gasteiger partial charge in [-0.1, -0.05) is 62.1 Å². The maximum absolute atomic E-state index is 12.6. The van der Waals surface area contributed by atoms with E-state index in [0.717, 1.165) is 5.56 Å². The van der Waals surface area contributed by atoms with Crippen molar-refractivity contribution >= 4 is 23.6 Å². The van der Waals surface area contributed by atoms with Gasteiger partial charge >= 0.3 is 5.97 Å². The number of Topliss-reactive ketones (excluding diaryl/α,β-unsaturated/α-hetero) is 2. The summed E-state index contributed by atoms with van der Waals surface area (Å²) in [5.41, 5.74) is -0.558. The summed E-state index contributed by atoms with van der Waals surface area (Å²) in [4.78, 5) is 36.8. The standard InChI is InChI=1S/C19H20O5/c1-19(2)11-14(21)15(17(22)16(19)18(23)24-3)13(20)10-9-12-7-5-4-6-8-12/h4-10,16,20H,11H2,1-3H3/p-1/b10-9+,15-13-. The number of carbonyl (C=O) groups excluding carboxylic acids is 3. The van der Waals surface area contributed by atoms with Crippen LogP contribution in [0.15, 0.2) is 47.7 Å². The molecule has 1 aromatic carbocycles. The Morgan fingerprint density at radius 2 is 1.88 bits per heavy atom. The summed E-state index contributed by atoms with van der Waals surface area (Å²) in [7, 11) is 1.18. The Kier molecular flexibility index (Phi) is 5.02. The van der Waals surface area contributed by atoms with Crippen molar-refractivity contribution in [3.63, 3.8) is 0 Å². The summed E-state index contributed by atoms with van der Waals surface area (Å²) in [6.45, 7) is 3.29. The first-order valence-electron chi connectivity index (χ1n) is 7.57. The largest absolute Gasteiger partial charge is 0.872 e. The Balaban J connectivity index is 2.40. The normalized spacial score (nSPS) is 22.5. The van der Waals surface area contributed by atoms with Gasteiger partial charge in [-0.15, -0.1) is 0 Å². The Bertz CT molecular complexity index is 725. The Morgan fingerprint density at radius 3 is 2.46 bits per heavy atom. The molecule has 1 aliphatic carbocycles. The number of benzene rings is 1. The van der Waals surface area contributed by atoms with Crippen LogP contribution >= 0.6 is 0 Å². The summed E-state index contributed by atoms with van der Waals surface area (Å²) in [5.74, 6) is -3.85. The maximum atomic E-state index is 12.6. The van der Waals surface area contributed by atoms with Gasteiger partial charge in [0.1, 0.15) is 5.92 Å². The van der Waals surface area contributed by atoms with E-state index in [1.807, 2.05) is 18.2 Å². The molecule has 0 saturated heterocycles. The van der Waals surface area contributed by atoms with Crippen molar-refractivity contribution in [2.45, 2.75) is 20.3 Å². The number of allylic oxidation sites excluding steroid dienone is 2. The molecule has 0 aliphatic heterocycles. The molecule has 1 saturated carbocycles. The van der Waals surface area contributed by atoms with Gasteiger partial charge in [-0.25, -0.2) is 0 Å². The van der Waals surface area contributed by atoms with Crippen LogP contribution in [0, 0.1) is 11.3 Å². The molecule has 0 N–H and O–H groups in total. The Morgan fingerprint density at radius 1 is 1.25 bits per heavy atom. The molecule has 1 unspecified atom stereocenters. The average Bonchev–Trinajstić information content (AvgIpc) is 2.52. The minimum absolute atomic E-state index is 0.0568. The van der Waals surface area contributed by atoms with E-state index in [2.05, 4.69) is 4.74 Å². The quantitative estimate of drug-likeness (QED) is 0.277. The molecule has 0 amide bonds. The van der Waals surface area contributed by atoms with Gasteiger partial charge in [-0.2, -0.15) is 0 Å². The van der Waals surface area contributed by atoms with Crippen molar-refractivity contribution < 1.29 is 24.2 Å². The van der Waals surface area contributed by atoms with Crippen molar-refractivity contribution in [1.29, 1.82) is 0 Å². The lowest BCUT2D eigenvalue weighted by molar-refractivity contribution is -0.296. The van der Waals surface area contributed by atoms with Gasteiger partial charge in [0.15, 0.2) is 11.6 Å². The monoisotopic (exact) mass is 327 g/mol. The van der Waals surface area contributed by atoms with Gasteiger partial charge in [0, 0.05) is 6.42 Å². The molecule has 0 bridgehead atoms. The van der Waals surface area contributed by atoms with Crippen molar-refractivity contribution in [3.8, 4) is 0 Å². The lowest BCUT2D eigenvalue weighted by atomic mass is 9.65. The highest BCUT2D eigenvalue weighted by Crippen LogP contribution is 2.40. The Labute approximate surface area is 140 Å². The van der Waals surface area contributed by atoms with Gasteiger partial charge in [0.05, 0.1) is 12.7 Å². The first-order valence-corrected chi connectivity index (χ1v) is 7.57. The molecule has 0 aromatic heterocycles. The third-order valence-corrected chi connectivity index (χ3v) is 4.10. The van der Waals surface area contributed by atoms with E-state index in [4.69, 9.17) is 0 Å². The smallest absolute Gasteiger partial charge is 0.317 e. The molecule has 24 heavy (non-hydrogen) atoms. The summed E-state index contributed by atoms with van der Waals surface area (Å²) >= 11 is 0. The zero-order chi connectivity index (χ0) is 17.9. The lowest BCUT2D eigenvalue weighted by Crippen LogP contribution is -2.46. The van der Waals surface area contributed by atoms with Crippen LogP contribution in [0.1, 0.15) is 25.8 Å². The van der Waals surface area contributed by atoms with Crippen LogP contribution in [-0.4, -0.2) is 24.6 Å². The molecule has 126 valence electrons. The fourth-order valence-electron chi connectivity index (χ4n) is 2.86. The molecule has 0 radical (unpaired) electrons. The molecular formula is C19H19O5-. The van der Waals surface area contributed by atoms with Crippen LogP contribution in [0.25, 0.3) is 6.08 Å². The van der Waals surface area contributed by atoms with Gasteiger partial charge in [0.25, 0.3) is 0 Å². The minimum atomic E-state index is -1.15. The van der Waals surface area contributed by atoms with Gasteiger partial charge < -0.3 is 9.84 Å². The van der Waals surface area contributed by atoms with E-state index in [-0.39, 0.29) is 6.42 Å².